The Morgan fingerprint density at radius 2 is 2.11 bits per heavy atom. The summed E-state index contributed by atoms with van der Waals surface area (Å²) in [5.41, 5.74) is 1.77. The standard InChI is InChI=1S/C14H18FN3/c1-11(2)16-7-12-8-17-18(9-12)10-13-5-3-4-6-14(13)15/h3-6,8-9,11,16H,7,10H2,1-2H3. The van der Waals surface area contributed by atoms with E-state index in [4.69, 9.17) is 0 Å². The van der Waals surface area contributed by atoms with Crippen molar-refractivity contribution < 1.29 is 4.39 Å². The third kappa shape index (κ3) is 3.40. The highest BCUT2D eigenvalue weighted by Gasteiger charge is 2.04. The quantitative estimate of drug-likeness (QED) is 0.880. The Morgan fingerprint density at radius 1 is 1.33 bits per heavy atom. The molecule has 1 aromatic carbocycles. The molecule has 1 aromatic heterocycles. The van der Waals surface area contributed by atoms with E-state index >= 15 is 0 Å². The molecule has 3 nitrogen and oxygen atoms in total. The van der Waals surface area contributed by atoms with Gasteiger partial charge in [-0.3, -0.25) is 4.68 Å². The van der Waals surface area contributed by atoms with Gasteiger partial charge in [-0.1, -0.05) is 32.0 Å². The van der Waals surface area contributed by atoms with Gasteiger partial charge >= 0.3 is 0 Å². The van der Waals surface area contributed by atoms with Gasteiger partial charge in [0.1, 0.15) is 5.82 Å². The van der Waals surface area contributed by atoms with E-state index in [0.717, 1.165) is 12.1 Å². The minimum atomic E-state index is -0.185. The van der Waals surface area contributed by atoms with Gasteiger partial charge < -0.3 is 5.32 Å². The van der Waals surface area contributed by atoms with Crippen LogP contribution in [0.2, 0.25) is 0 Å². The van der Waals surface area contributed by atoms with Gasteiger partial charge in [0.2, 0.25) is 0 Å². The first-order chi connectivity index (χ1) is 8.65. The van der Waals surface area contributed by atoms with Gasteiger partial charge in [-0.05, 0) is 6.07 Å². The molecular weight excluding hydrogens is 229 g/mol. The minimum absolute atomic E-state index is 0.185. The van der Waals surface area contributed by atoms with Crippen LogP contribution in [0.15, 0.2) is 36.7 Å². The third-order valence-electron chi connectivity index (χ3n) is 2.69. The molecule has 2 rings (SSSR count). The number of benzene rings is 1. The lowest BCUT2D eigenvalue weighted by Crippen LogP contribution is -2.21. The molecular formula is C14H18FN3. The largest absolute Gasteiger partial charge is 0.310 e. The summed E-state index contributed by atoms with van der Waals surface area (Å²) in [5.74, 6) is -0.185. The van der Waals surface area contributed by atoms with E-state index in [1.165, 1.54) is 6.07 Å². The van der Waals surface area contributed by atoms with Crippen molar-refractivity contribution >= 4 is 0 Å². The number of nitrogens with one attached hydrogen (secondary N) is 1. The summed E-state index contributed by atoms with van der Waals surface area (Å²) in [4.78, 5) is 0. The second-order valence-corrected chi connectivity index (χ2v) is 4.67. The maximum atomic E-state index is 13.5. The summed E-state index contributed by atoms with van der Waals surface area (Å²) in [7, 11) is 0. The van der Waals surface area contributed by atoms with Crippen molar-refractivity contribution in [2.75, 3.05) is 0 Å². The summed E-state index contributed by atoms with van der Waals surface area (Å²) in [6.45, 7) is 5.46. The van der Waals surface area contributed by atoms with Crippen molar-refractivity contribution in [1.82, 2.24) is 15.1 Å². The molecule has 0 aliphatic heterocycles. The van der Waals surface area contributed by atoms with E-state index < -0.39 is 0 Å². The molecule has 4 heteroatoms. The first-order valence-corrected chi connectivity index (χ1v) is 6.13. The second kappa shape index (κ2) is 5.78. The lowest BCUT2D eigenvalue weighted by Gasteiger charge is -2.05. The zero-order valence-corrected chi connectivity index (χ0v) is 10.7. The van der Waals surface area contributed by atoms with Gasteiger partial charge in [0.15, 0.2) is 0 Å². The Hall–Kier alpha value is -1.68. The SMILES string of the molecule is CC(C)NCc1cnn(Cc2ccccc2F)c1. The molecule has 0 unspecified atom stereocenters. The van der Waals surface area contributed by atoms with Gasteiger partial charge in [0.25, 0.3) is 0 Å². The van der Waals surface area contributed by atoms with Crippen LogP contribution in [0.4, 0.5) is 4.39 Å². The van der Waals surface area contributed by atoms with Crippen LogP contribution in [0.5, 0.6) is 0 Å². The average Bonchev–Trinajstić information content (AvgIpc) is 2.77. The zero-order valence-electron chi connectivity index (χ0n) is 10.7. The minimum Gasteiger partial charge on any atom is -0.310 e. The third-order valence-corrected chi connectivity index (χ3v) is 2.69. The van der Waals surface area contributed by atoms with Gasteiger partial charge in [-0.2, -0.15) is 5.10 Å². The summed E-state index contributed by atoms with van der Waals surface area (Å²) < 4.78 is 15.2. The fourth-order valence-corrected chi connectivity index (χ4v) is 1.71. The summed E-state index contributed by atoms with van der Waals surface area (Å²) in [6, 6.07) is 7.23. The number of rotatable bonds is 5. The Morgan fingerprint density at radius 3 is 2.83 bits per heavy atom. The lowest BCUT2D eigenvalue weighted by molar-refractivity contribution is 0.581. The van der Waals surface area contributed by atoms with Crippen molar-refractivity contribution in [1.29, 1.82) is 0 Å². The molecule has 0 saturated carbocycles. The molecule has 0 amide bonds. The second-order valence-electron chi connectivity index (χ2n) is 4.67. The predicted molar refractivity (Wildman–Crippen MR) is 69.7 cm³/mol. The van der Waals surface area contributed by atoms with Crippen LogP contribution in [-0.2, 0) is 13.1 Å². The highest BCUT2D eigenvalue weighted by atomic mass is 19.1. The molecule has 0 bridgehead atoms. The topological polar surface area (TPSA) is 29.9 Å². The van der Waals surface area contributed by atoms with Crippen molar-refractivity contribution in [2.24, 2.45) is 0 Å². The van der Waals surface area contributed by atoms with Crippen molar-refractivity contribution in [3.05, 3.63) is 53.6 Å². The monoisotopic (exact) mass is 247 g/mol. The van der Waals surface area contributed by atoms with Gasteiger partial charge in [0.05, 0.1) is 12.7 Å². The lowest BCUT2D eigenvalue weighted by atomic mass is 10.2. The fourth-order valence-electron chi connectivity index (χ4n) is 1.71. The molecule has 18 heavy (non-hydrogen) atoms. The van der Waals surface area contributed by atoms with E-state index in [1.807, 2.05) is 18.5 Å². The highest BCUT2D eigenvalue weighted by molar-refractivity contribution is 5.18. The Balaban J connectivity index is 2.00. The van der Waals surface area contributed by atoms with E-state index in [9.17, 15) is 4.39 Å². The Kier molecular flexibility index (Phi) is 4.10. The first kappa shape index (κ1) is 12.8. The summed E-state index contributed by atoms with van der Waals surface area (Å²) in [5, 5.41) is 7.56. The maximum Gasteiger partial charge on any atom is 0.128 e. The van der Waals surface area contributed by atoms with Crippen molar-refractivity contribution in [2.45, 2.75) is 33.0 Å². The van der Waals surface area contributed by atoms with Gasteiger partial charge in [-0.15, -0.1) is 0 Å². The molecule has 0 spiro atoms. The Bertz CT molecular complexity index is 505. The molecule has 0 aliphatic rings. The molecule has 1 heterocycles. The van der Waals surface area contributed by atoms with E-state index in [1.54, 1.807) is 16.8 Å². The Labute approximate surface area is 107 Å². The number of aromatic nitrogens is 2. The smallest absolute Gasteiger partial charge is 0.128 e. The van der Waals surface area contributed by atoms with E-state index in [2.05, 4.69) is 24.3 Å². The number of nitrogens with zero attached hydrogens (tertiary/aromatic N) is 2. The van der Waals surface area contributed by atoms with Gasteiger partial charge in [0, 0.05) is 29.9 Å². The van der Waals surface area contributed by atoms with Crippen LogP contribution in [0.3, 0.4) is 0 Å². The molecule has 2 aromatic rings. The van der Waals surface area contributed by atoms with Crippen LogP contribution >= 0.6 is 0 Å². The van der Waals surface area contributed by atoms with E-state index in [0.29, 0.717) is 18.2 Å². The fraction of sp³-hybridized carbons (Fsp3) is 0.357. The molecule has 0 aliphatic carbocycles. The van der Waals surface area contributed by atoms with Crippen LogP contribution in [0.1, 0.15) is 25.0 Å². The molecule has 0 saturated heterocycles. The molecule has 0 radical (unpaired) electrons. The maximum absolute atomic E-state index is 13.5. The van der Waals surface area contributed by atoms with Crippen molar-refractivity contribution in [3.8, 4) is 0 Å². The first-order valence-electron chi connectivity index (χ1n) is 6.13. The van der Waals surface area contributed by atoms with Crippen molar-refractivity contribution in [3.63, 3.8) is 0 Å². The van der Waals surface area contributed by atoms with E-state index in [-0.39, 0.29) is 5.82 Å². The van der Waals surface area contributed by atoms with Crippen LogP contribution in [0, 0.1) is 5.82 Å². The van der Waals surface area contributed by atoms with Crippen LogP contribution < -0.4 is 5.32 Å². The molecule has 0 fully saturated rings. The molecule has 0 atom stereocenters. The predicted octanol–water partition coefficient (Wildman–Crippen LogP) is 2.57. The molecule has 96 valence electrons. The zero-order chi connectivity index (χ0) is 13.0. The number of hydrogen-bond acceptors (Lipinski definition) is 2. The number of hydrogen-bond donors (Lipinski definition) is 1. The highest BCUT2D eigenvalue weighted by Crippen LogP contribution is 2.08. The van der Waals surface area contributed by atoms with Crippen LogP contribution in [0.25, 0.3) is 0 Å². The summed E-state index contributed by atoms with van der Waals surface area (Å²) in [6.07, 6.45) is 3.76. The van der Waals surface area contributed by atoms with Gasteiger partial charge in [-0.25, -0.2) is 4.39 Å². The molecule has 1 N–H and O–H groups in total. The number of halogens is 1. The average molecular weight is 247 g/mol. The normalized spacial score (nSPS) is 11.1. The van der Waals surface area contributed by atoms with Crippen LogP contribution in [-0.4, -0.2) is 15.8 Å². The summed E-state index contributed by atoms with van der Waals surface area (Å²) >= 11 is 0.